The molecule has 0 bridgehead atoms. The molecular formula is C30H55N. The standard InChI is InChI=1S/C30H55N/c1-3-4-5-6-7-8-9-10-11-12-13-14-15-16-17-18-19-20-21-25-28-31(2)29-30-26-23-22-24-27-30/h22-24,26-27H,3-21,25,28-29H2,1-2H3. The second-order valence-electron chi connectivity index (χ2n) is 9.94. The molecule has 31 heavy (non-hydrogen) atoms. The fourth-order valence-electron chi connectivity index (χ4n) is 4.61. The molecule has 0 heterocycles. The highest BCUT2D eigenvalue weighted by Gasteiger charge is 2.00. The van der Waals surface area contributed by atoms with Gasteiger partial charge in [0, 0.05) is 6.54 Å². The van der Waals surface area contributed by atoms with Crippen molar-refractivity contribution in [3.63, 3.8) is 0 Å². The molecule has 0 amide bonds. The highest BCUT2D eigenvalue weighted by Crippen LogP contribution is 2.15. The zero-order valence-electron chi connectivity index (χ0n) is 21.4. The zero-order valence-corrected chi connectivity index (χ0v) is 21.4. The SMILES string of the molecule is CCCCCCCCCCCCCCCCCCCCCCN(C)Cc1ccccc1. The van der Waals surface area contributed by atoms with E-state index in [4.69, 9.17) is 0 Å². The van der Waals surface area contributed by atoms with E-state index in [-0.39, 0.29) is 0 Å². The molecule has 1 nitrogen and oxygen atoms in total. The van der Waals surface area contributed by atoms with Crippen LogP contribution in [0.3, 0.4) is 0 Å². The maximum absolute atomic E-state index is 2.46. The first-order chi connectivity index (χ1) is 15.3. The van der Waals surface area contributed by atoms with Crippen molar-refractivity contribution in [2.75, 3.05) is 13.6 Å². The van der Waals surface area contributed by atoms with Crippen LogP contribution in [0.4, 0.5) is 0 Å². The third-order valence-corrected chi connectivity index (χ3v) is 6.69. The summed E-state index contributed by atoms with van der Waals surface area (Å²) in [4.78, 5) is 2.46. The van der Waals surface area contributed by atoms with E-state index in [1.807, 2.05) is 0 Å². The van der Waals surface area contributed by atoms with E-state index in [0.29, 0.717) is 0 Å². The summed E-state index contributed by atoms with van der Waals surface area (Å²) in [5.41, 5.74) is 1.43. The topological polar surface area (TPSA) is 3.24 Å². The summed E-state index contributed by atoms with van der Waals surface area (Å²) in [6.07, 6.45) is 29.1. The van der Waals surface area contributed by atoms with Gasteiger partial charge in [-0.2, -0.15) is 0 Å². The largest absolute Gasteiger partial charge is 0.302 e. The van der Waals surface area contributed by atoms with Gasteiger partial charge in [-0.15, -0.1) is 0 Å². The average Bonchev–Trinajstić information content (AvgIpc) is 2.78. The first-order valence-corrected chi connectivity index (χ1v) is 14.1. The Morgan fingerprint density at radius 1 is 0.484 bits per heavy atom. The quantitative estimate of drug-likeness (QED) is 0.156. The minimum absolute atomic E-state index is 1.08. The van der Waals surface area contributed by atoms with Gasteiger partial charge in [0.15, 0.2) is 0 Å². The molecular weight excluding hydrogens is 374 g/mol. The number of benzene rings is 1. The number of hydrogen-bond donors (Lipinski definition) is 0. The predicted molar refractivity (Wildman–Crippen MR) is 141 cm³/mol. The van der Waals surface area contributed by atoms with E-state index in [1.165, 1.54) is 141 Å². The second kappa shape index (κ2) is 22.4. The van der Waals surface area contributed by atoms with Crippen LogP contribution in [-0.4, -0.2) is 18.5 Å². The van der Waals surface area contributed by atoms with Crippen LogP contribution < -0.4 is 0 Å². The van der Waals surface area contributed by atoms with Gasteiger partial charge < -0.3 is 4.90 Å². The van der Waals surface area contributed by atoms with Crippen LogP contribution in [0.2, 0.25) is 0 Å². The van der Waals surface area contributed by atoms with Crippen molar-refractivity contribution in [1.82, 2.24) is 4.90 Å². The fraction of sp³-hybridized carbons (Fsp3) is 0.800. The molecule has 180 valence electrons. The Hall–Kier alpha value is -0.820. The summed E-state index contributed by atoms with van der Waals surface area (Å²) < 4.78 is 0. The Balaban J connectivity index is 1.71. The fourth-order valence-corrected chi connectivity index (χ4v) is 4.61. The number of nitrogens with zero attached hydrogens (tertiary/aromatic N) is 1. The second-order valence-corrected chi connectivity index (χ2v) is 9.94. The summed E-state index contributed by atoms with van der Waals surface area (Å²) in [7, 11) is 2.25. The minimum atomic E-state index is 1.08. The van der Waals surface area contributed by atoms with Crippen molar-refractivity contribution in [2.24, 2.45) is 0 Å². The van der Waals surface area contributed by atoms with Gasteiger partial charge in [0.2, 0.25) is 0 Å². The minimum Gasteiger partial charge on any atom is -0.302 e. The van der Waals surface area contributed by atoms with Crippen LogP contribution in [-0.2, 0) is 6.54 Å². The zero-order chi connectivity index (χ0) is 22.2. The first kappa shape index (κ1) is 28.2. The Labute approximate surface area is 196 Å². The first-order valence-electron chi connectivity index (χ1n) is 14.1. The van der Waals surface area contributed by atoms with Crippen molar-refractivity contribution in [3.05, 3.63) is 35.9 Å². The van der Waals surface area contributed by atoms with Gasteiger partial charge in [-0.05, 0) is 25.6 Å². The molecule has 0 saturated carbocycles. The van der Waals surface area contributed by atoms with E-state index in [9.17, 15) is 0 Å². The van der Waals surface area contributed by atoms with Gasteiger partial charge in [0.1, 0.15) is 0 Å². The summed E-state index contributed by atoms with van der Waals surface area (Å²) in [6.45, 7) is 4.61. The van der Waals surface area contributed by atoms with Gasteiger partial charge >= 0.3 is 0 Å². The molecule has 1 rings (SSSR count). The normalized spacial score (nSPS) is 11.5. The summed E-state index contributed by atoms with van der Waals surface area (Å²) >= 11 is 0. The Morgan fingerprint density at radius 2 is 0.839 bits per heavy atom. The predicted octanol–water partition coefficient (Wildman–Crippen LogP) is 9.94. The highest BCUT2D eigenvalue weighted by atomic mass is 15.1. The van der Waals surface area contributed by atoms with Gasteiger partial charge in [-0.1, -0.05) is 159 Å². The number of hydrogen-bond acceptors (Lipinski definition) is 1. The maximum atomic E-state index is 2.46. The van der Waals surface area contributed by atoms with E-state index < -0.39 is 0 Å². The average molecular weight is 430 g/mol. The molecule has 0 fully saturated rings. The lowest BCUT2D eigenvalue weighted by Crippen LogP contribution is -2.18. The Morgan fingerprint density at radius 3 is 1.23 bits per heavy atom. The third-order valence-electron chi connectivity index (χ3n) is 6.69. The van der Waals surface area contributed by atoms with Crippen molar-refractivity contribution < 1.29 is 0 Å². The maximum Gasteiger partial charge on any atom is 0.0230 e. The van der Waals surface area contributed by atoms with Crippen molar-refractivity contribution in [2.45, 2.75) is 142 Å². The van der Waals surface area contributed by atoms with Crippen LogP contribution in [0.25, 0.3) is 0 Å². The molecule has 0 aliphatic rings. The van der Waals surface area contributed by atoms with Gasteiger partial charge in [-0.3, -0.25) is 0 Å². The lowest BCUT2D eigenvalue weighted by molar-refractivity contribution is 0.316. The molecule has 1 aromatic carbocycles. The molecule has 0 atom stereocenters. The molecule has 0 radical (unpaired) electrons. The smallest absolute Gasteiger partial charge is 0.0230 e. The molecule has 1 aromatic rings. The van der Waals surface area contributed by atoms with Crippen LogP contribution in [0, 0.1) is 0 Å². The molecule has 0 aromatic heterocycles. The van der Waals surface area contributed by atoms with Crippen molar-refractivity contribution >= 4 is 0 Å². The van der Waals surface area contributed by atoms with Crippen molar-refractivity contribution in [1.29, 1.82) is 0 Å². The van der Waals surface area contributed by atoms with Gasteiger partial charge in [-0.25, -0.2) is 0 Å². The van der Waals surface area contributed by atoms with Crippen LogP contribution in [0.1, 0.15) is 141 Å². The molecule has 0 unspecified atom stereocenters. The highest BCUT2D eigenvalue weighted by molar-refractivity contribution is 5.14. The molecule has 0 saturated heterocycles. The van der Waals surface area contributed by atoms with Crippen molar-refractivity contribution in [3.8, 4) is 0 Å². The summed E-state index contributed by atoms with van der Waals surface area (Å²) in [6, 6.07) is 10.8. The molecule has 0 N–H and O–H groups in total. The molecule has 0 spiro atoms. The summed E-state index contributed by atoms with van der Waals surface area (Å²) in [5.74, 6) is 0. The monoisotopic (exact) mass is 429 g/mol. The molecule has 0 aliphatic heterocycles. The number of unbranched alkanes of at least 4 members (excludes halogenated alkanes) is 19. The van der Waals surface area contributed by atoms with E-state index in [0.717, 1.165) is 6.54 Å². The van der Waals surface area contributed by atoms with Crippen LogP contribution in [0.5, 0.6) is 0 Å². The van der Waals surface area contributed by atoms with E-state index in [1.54, 1.807) is 0 Å². The van der Waals surface area contributed by atoms with Crippen LogP contribution >= 0.6 is 0 Å². The Bertz CT molecular complexity index is 455. The third kappa shape index (κ3) is 19.6. The molecule has 0 aliphatic carbocycles. The lowest BCUT2D eigenvalue weighted by atomic mass is 10.0. The summed E-state index contributed by atoms with van der Waals surface area (Å²) in [5, 5.41) is 0. The van der Waals surface area contributed by atoms with Gasteiger partial charge in [0.25, 0.3) is 0 Å². The van der Waals surface area contributed by atoms with E-state index >= 15 is 0 Å². The Kier molecular flexibility index (Phi) is 20.4. The van der Waals surface area contributed by atoms with Gasteiger partial charge in [0.05, 0.1) is 0 Å². The molecule has 1 heteroatoms. The van der Waals surface area contributed by atoms with E-state index in [2.05, 4.69) is 49.2 Å². The number of rotatable bonds is 23. The van der Waals surface area contributed by atoms with Crippen LogP contribution in [0.15, 0.2) is 30.3 Å². The lowest BCUT2D eigenvalue weighted by Gasteiger charge is -2.16.